The number of nitrogens with zero attached hydrogens (tertiary/aromatic N) is 3. The Labute approximate surface area is 172 Å². The fourth-order valence-electron chi connectivity index (χ4n) is 3.57. The van der Waals surface area contributed by atoms with E-state index >= 15 is 0 Å². The maximum absolute atomic E-state index is 12.0. The number of anilines is 3. The Hall–Kier alpha value is -2.78. The number of aromatic nitrogens is 3. The summed E-state index contributed by atoms with van der Waals surface area (Å²) in [5, 5.41) is 16.4. The van der Waals surface area contributed by atoms with Crippen LogP contribution in [0.15, 0.2) is 23.7 Å². The van der Waals surface area contributed by atoms with E-state index < -0.39 is 5.91 Å². The van der Waals surface area contributed by atoms with E-state index in [0.717, 1.165) is 41.6 Å². The van der Waals surface area contributed by atoms with Gasteiger partial charge >= 0.3 is 0 Å². The van der Waals surface area contributed by atoms with E-state index in [4.69, 9.17) is 5.73 Å². The Morgan fingerprint density at radius 3 is 2.76 bits per heavy atom. The highest BCUT2D eigenvalue weighted by molar-refractivity contribution is 7.16. The minimum absolute atomic E-state index is 0.121. The van der Waals surface area contributed by atoms with Gasteiger partial charge in [-0.15, -0.1) is 11.3 Å². The summed E-state index contributed by atoms with van der Waals surface area (Å²) >= 11 is 1.54. The number of hydrogen-bond donors (Lipinski definition) is 4. The molecule has 1 aliphatic rings. The predicted molar refractivity (Wildman–Crippen MR) is 115 cm³/mol. The van der Waals surface area contributed by atoms with Gasteiger partial charge in [-0.2, -0.15) is 0 Å². The molecule has 0 saturated heterocycles. The zero-order valence-electron chi connectivity index (χ0n) is 16.2. The molecule has 1 saturated carbocycles. The second-order valence-electron chi connectivity index (χ2n) is 7.24. The van der Waals surface area contributed by atoms with E-state index in [0.29, 0.717) is 23.8 Å². The number of aryl methyl sites for hydroxylation is 1. The second-order valence-corrected chi connectivity index (χ2v) is 8.13. The molecule has 0 bridgehead atoms. The van der Waals surface area contributed by atoms with E-state index in [9.17, 15) is 9.90 Å². The van der Waals surface area contributed by atoms with Crippen molar-refractivity contribution in [3.8, 4) is 0 Å². The van der Waals surface area contributed by atoms with Crippen LogP contribution in [0.4, 0.5) is 17.3 Å². The van der Waals surface area contributed by atoms with Crippen LogP contribution in [0, 0.1) is 0 Å². The summed E-state index contributed by atoms with van der Waals surface area (Å²) in [6.07, 6.45) is 3.68. The SMILES string of the molecule is CCc1nc(C(N)=O)c(Nc2ccc3ncsc3c2)nc1NC1CCC(O)CC1. The summed E-state index contributed by atoms with van der Waals surface area (Å²) < 4.78 is 1.04. The summed E-state index contributed by atoms with van der Waals surface area (Å²) in [5.41, 5.74) is 9.90. The van der Waals surface area contributed by atoms with Crippen molar-refractivity contribution in [3.05, 3.63) is 35.1 Å². The molecule has 0 atom stereocenters. The first-order valence-electron chi connectivity index (χ1n) is 9.79. The van der Waals surface area contributed by atoms with Crippen LogP contribution in [0.1, 0.15) is 48.8 Å². The number of hydrogen-bond acceptors (Lipinski definition) is 8. The summed E-state index contributed by atoms with van der Waals surface area (Å²) in [7, 11) is 0. The van der Waals surface area contributed by atoms with Crippen molar-refractivity contribution < 1.29 is 9.90 Å². The van der Waals surface area contributed by atoms with E-state index in [1.165, 1.54) is 0 Å². The van der Waals surface area contributed by atoms with Gasteiger partial charge < -0.3 is 21.5 Å². The van der Waals surface area contributed by atoms with Gasteiger partial charge in [0.05, 0.1) is 27.5 Å². The number of aliphatic hydroxyl groups is 1. The van der Waals surface area contributed by atoms with Crippen LogP contribution in [0.3, 0.4) is 0 Å². The summed E-state index contributed by atoms with van der Waals surface area (Å²) in [4.78, 5) is 25.5. The van der Waals surface area contributed by atoms with Gasteiger partial charge in [0, 0.05) is 11.7 Å². The van der Waals surface area contributed by atoms with Gasteiger partial charge in [-0.25, -0.2) is 15.0 Å². The van der Waals surface area contributed by atoms with Crippen LogP contribution >= 0.6 is 11.3 Å². The molecule has 2 heterocycles. The van der Waals surface area contributed by atoms with E-state index in [1.807, 2.05) is 25.1 Å². The van der Waals surface area contributed by atoms with Crippen LogP contribution in [0.2, 0.25) is 0 Å². The van der Waals surface area contributed by atoms with Gasteiger partial charge in [0.15, 0.2) is 11.5 Å². The van der Waals surface area contributed by atoms with Crippen LogP contribution in [-0.4, -0.2) is 38.1 Å². The van der Waals surface area contributed by atoms with Crippen molar-refractivity contribution in [1.82, 2.24) is 15.0 Å². The highest BCUT2D eigenvalue weighted by Crippen LogP contribution is 2.28. The van der Waals surface area contributed by atoms with E-state index in [2.05, 4.69) is 25.6 Å². The van der Waals surface area contributed by atoms with Crippen molar-refractivity contribution in [2.24, 2.45) is 5.73 Å². The summed E-state index contributed by atoms with van der Waals surface area (Å²) in [6.45, 7) is 1.97. The number of carbonyl (C=O) groups is 1. The minimum atomic E-state index is -0.624. The van der Waals surface area contributed by atoms with Crippen molar-refractivity contribution in [2.45, 2.75) is 51.2 Å². The van der Waals surface area contributed by atoms with Crippen LogP contribution in [0.25, 0.3) is 10.2 Å². The lowest BCUT2D eigenvalue weighted by Crippen LogP contribution is -2.29. The normalized spacial score (nSPS) is 19.2. The number of nitrogens with two attached hydrogens (primary N) is 1. The molecule has 5 N–H and O–H groups in total. The zero-order valence-corrected chi connectivity index (χ0v) is 17.0. The molecular weight excluding hydrogens is 388 g/mol. The molecule has 4 rings (SSSR count). The first-order chi connectivity index (χ1) is 14.0. The highest BCUT2D eigenvalue weighted by Gasteiger charge is 2.23. The molecule has 9 heteroatoms. The molecule has 0 unspecified atom stereocenters. The fourth-order valence-corrected chi connectivity index (χ4v) is 4.29. The second kappa shape index (κ2) is 8.30. The predicted octanol–water partition coefficient (Wildman–Crippen LogP) is 3.21. The van der Waals surface area contributed by atoms with Crippen molar-refractivity contribution in [1.29, 1.82) is 0 Å². The molecule has 0 radical (unpaired) electrons. The number of rotatable bonds is 6. The van der Waals surface area contributed by atoms with Gasteiger partial charge in [-0.3, -0.25) is 4.79 Å². The fraction of sp³-hybridized carbons (Fsp3) is 0.400. The molecule has 1 aliphatic carbocycles. The van der Waals surface area contributed by atoms with Gasteiger partial charge in [-0.1, -0.05) is 6.92 Å². The average Bonchev–Trinajstić information content (AvgIpc) is 3.17. The number of carbonyl (C=O) groups excluding carboxylic acids is 1. The number of fused-ring (bicyclic) bond motifs is 1. The molecule has 1 fully saturated rings. The average molecular weight is 413 g/mol. The van der Waals surface area contributed by atoms with Crippen LogP contribution in [0.5, 0.6) is 0 Å². The molecule has 0 aliphatic heterocycles. The molecule has 2 aromatic heterocycles. The van der Waals surface area contributed by atoms with Gasteiger partial charge in [-0.05, 0) is 50.3 Å². The van der Waals surface area contributed by atoms with Crippen molar-refractivity contribution in [3.63, 3.8) is 0 Å². The number of benzene rings is 1. The van der Waals surface area contributed by atoms with Gasteiger partial charge in [0.2, 0.25) is 0 Å². The lowest BCUT2D eigenvalue weighted by molar-refractivity contribution is 0.0996. The third-order valence-corrected chi connectivity index (χ3v) is 5.96. The lowest BCUT2D eigenvalue weighted by atomic mass is 9.93. The molecule has 1 aromatic carbocycles. The Kier molecular flexibility index (Phi) is 5.59. The number of aliphatic hydroxyl groups excluding tert-OH is 1. The third kappa shape index (κ3) is 4.30. The summed E-state index contributed by atoms with van der Waals surface area (Å²) in [6, 6.07) is 5.98. The Morgan fingerprint density at radius 2 is 2.03 bits per heavy atom. The largest absolute Gasteiger partial charge is 0.393 e. The molecule has 8 nitrogen and oxygen atoms in total. The topological polar surface area (TPSA) is 126 Å². The van der Waals surface area contributed by atoms with Crippen LogP contribution < -0.4 is 16.4 Å². The van der Waals surface area contributed by atoms with Crippen molar-refractivity contribution >= 4 is 44.8 Å². The first-order valence-corrected chi connectivity index (χ1v) is 10.7. The zero-order chi connectivity index (χ0) is 20.4. The van der Waals surface area contributed by atoms with E-state index in [1.54, 1.807) is 16.8 Å². The minimum Gasteiger partial charge on any atom is -0.393 e. The maximum atomic E-state index is 12.0. The Balaban J connectivity index is 1.65. The maximum Gasteiger partial charge on any atom is 0.271 e. The Morgan fingerprint density at radius 1 is 1.24 bits per heavy atom. The lowest BCUT2D eigenvalue weighted by Gasteiger charge is -2.27. The molecule has 0 spiro atoms. The number of primary amides is 1. The highest BCUT2D eigenvalue weighted by atomic mass is 32.1. The van der Waals surface area contributed by atoms with E-state index in [-0.39, 0.29) is 17.8 Å². The monoisotopic (exact) mass is 412 g/mol. The molecular formula is C20H24N6O2S. The molecule has 152 valence electrons. The van der Waals surface area contributed by atoms with Crippen LogP contribution in [-0.2, 0) is 6.42 Å². The molecule has 29 heavy (non-hydrogen) atoms. The quantitative estimate of drug-likeness (QED) is 0.490. The van der Waals surface area contributed by atoms with Crippen molar-refractivity contribution in [2.75, 3.05) is 10.6 Å². The van der Waals surface area contributed by atoms with Gasteiger partial charge in [0.25, 0.3) is 5.91 Å². The standard InChI is InChI=1S/C20H24N6O2S/c1-2-14-19(23-11-3-6-13(27)7-4-11)26-20(17(25-14)18(21)28)24-12-5-8-15-16(9-12)29-10-22-15/h5,8-11,13,27H,2-4,6-7H2,1H3,(H2,21,28)(H2,23,24,26). The Bertz CT molecular complexity index is 1030. The summed E-state index contributed by atoms with van der Waals surface area (Å²) in [5.74, 6) is 0.359. The smallest absolute Gasteiger partial charge is 0.271 e. The molecule has 3 aromatic rings. The third-order valence-electron chi connectivity index (χ3n) is 5.17. The number of nitrogens with one attached hydrogen (secondary N) is 2. The van der Waals surface area contributed by atoms with Gasteiger partial charge in [0.1, 0.15) is 5.82 Å². The first kappa shape index (κ1) is 19.5. The molecule has 1 amide bonds. The number of amides is 1. The number of thiazole rings is 1.